The van der Waals surface area contributed by atoms with Crippen molar-refractivity contribution >= 4 is 6.03 Å². The van der Waals surface area contributed by atoms with Crippen LogP contribution in [0.15, 0.2) is 0 Å². The van der Waals surface area contributed by atoms with E-state index in [1.807, 2.05) is 4.90 Å². The first-order valence-corrected chi connectivity index (χ1v) is 6.25. The number of carbonyl (C=O) groups excluding carboxylic acids is 1. The highest BCUT2D eigenvalue weighted by atomic mass is 16.2. The average molecular weight is 225 g/mol. The lowest BCUT2D eigenvalue weighted by atomic mass is 10.0. The van der Waals surface area contributed by atoms with Crippen LogP contribution in [-0.4, -0.2) is 36.1 Å². The number of amides is 2. The van der Waals surface area contributed by atoms with Crippen LogP contribution in [0, 0.1) is 17.8 Å². The van der Waals surface area contributed by atoms with Gasteiger partial charge in [0.15, 0.2) is 0 Å². The zero-order chi connectivity index (χ0) is 11.9. The van der Waals surface area contributed by atoms with E-state index in [0.717, 1.165) is 26.1 Å². The monoisotopic (exact) mass is 225 g/mol. The summed E-state index contributed by atoms with van der Waals surface area (Å²) in [7, 11) is 0. The molecule has 0 aromatic carbocycles. The van der Waals surface area contributed by atoms with Crippen molar-refractivity contribution in [3.63, 3.8) is 0 Å². The topological polar surface area (TPSA) is 58.4 Å². The molecule has 2 atom stereocenters. The predicted molar refractivity (Wildman–Crippen MR) is 64.0 cm³/mol. The predicted octanol–water partition coefficient (Wildman–Crippen LogP) is 1.02. The molecule has 16 heavy (non-hydrogen) atoms. The zero-order valence-corrected chi connectivity index (χ0v) is 10.5. The Balaban J connectivity index is 1.81. The molecule has 2 fully saturated rings. The molecule has 1 saturated heterocycles. The number of likely N-dealkylation sites (tertiary alicyclic amines) is 1. The highest BCUT2D eigenvalue weighted by Crippen LogP contribution is 2.50. The molecule has 0 bridgehead atoms. The van der Waals surface area contributed by atoms with Crippen molar-refractivity contribution in [2.45, 2.75) is 32.7 Å². The Kier molecular flexibility index (Phi) is 2.86. The number of rotatable bonds is 3. The highest BCUT2D eigenvalue weighted by Gasteiger charge is 2.55. The van der Waals surface area contributed by atoms with Crippen molar-refractivity contribution in [2.75, 3.05) is 19.6 Å². The normalized spacial score (nSPS) is 32.5. The van der Waals surface area contributed by atoms with Gasteiger partial charge in [-0.15, -0.1) is 0 Å². The second-order valence-corrected chi connectivity index (χ2v) is 5.80. The van der Waals surface area contributed by atoms with Gasteiger partial charge in [-0.25, -0.2) is 4.79 Å². The summed E-state index contributed by atoms with van der Waals surface area (Å²) in [5.74, 6) is 2.05. The molecule has 0 aromatic heterocycles. The highest BCUT2D eigenvalue weighted by molar-refractivity contribution is 5.75. The molecule has 2 unspecified atom stereocenters. The Bertz CT molecular complexity index is 278. The second-order valence-electron chi connectivity index (χ2n) is 5.80. The molecule has 0 aromatic rings. The molecule has 1 heterocycles. The Labute approximate surface area is 97.6 Å². The summed E-state index contributed by atoms with van der Waals surface area (Å²) in [6.45, 7) is 8.79. The van der Waals surface area contributed by atoms with Crippen LogP contribution >= 0.6 is 0 Å². The summed E-state index contributed by atoms with van der Waals surface area (Å²) < 4.78 is 0. The van der Waals surface area contributed by atoms with Gasteiger partial charge in [-0.3, -0.25) is 0 Å². The molecule has 0 spiro atoms. The maximum absolute atomic E-state index is 12.0. The van der Waals surface area contributed by atoms with Crippen LogP contribution in [0.1, 0.15) is 27.2 Å². The minimum atomic E-state index is -0.100. The zero-order valence-electron chi connectivity index (χ0n) is 10.5. The maximum Gasteiger partial charge on any atom is 0.317 e. The van der Waals surface area contributed by atoms with Gasteiger partial charge in [-0.05, 0) is 44.6 Å². The summed E-state index contributed by atoms with van der Waals surface area (Å²) in [4.78, 5) is 13.9. The lowest BCUT2D eigenvalue weighted by molar-refractivity contribution is 0.189. The van der Waals surface area contributed by atoms with Crippen LogP contribution in [0.25, 0.3) is 0 Å². The molecule has 4 heteroatoms. The molecule has 1 aliphatic carbocycles. The van der Waals surface area contributed by atoms with Crippen molar-refractivity contribution < 1.29 is 4.79 Å². The summed E-state index contributed by atoms with van der Waals surface area (Å²) in [5.41, 5.74) is 5.55. The third kappa shape index (κ3) is 2.03. The molecule has 2 aliphatic rings. The third-order valence-electron chi connectivity index (χ3n) is 4.26. The van der Waals surface area contributed by atoms with Gasteiger partial charge in [0.05, 0.1) is 0 Å². The largest absolute Gasteiger partial charge is 0.333 e. The Morgan fingerprint density at radius 2 is 2.00 bits per heavy atom. The van der Waals surface area contributed by atoms with E-state index in [2.05, 4.69) is 26.1 Å². The second kappa shape index (κ2) is 3.91. The van der Waals surface area contributed by atoms with Gasteiger partial charge in [0.2, 0.25) is 0 Å². The Morgan fingerprint density at radius 3 is 2.44 bits per heavy atom. The van der Waals surface area contributed by atoms with E-state index in [-0.39, 0.29) is 11.6 Å². The first-order valence-electron chi connectivity index (χ1n) is 6.25. The first kappa shape index (κ1) is 11.7. The van der Waals surface area contributed by atoms with Crippen LogP contribution in [0.2, 0.25) is 0 Å². The molecular formula is C12H23N3O. The van der Waals surface area contributed by atoms with Crippen molar-refractivity contribution in [1.29, 1.82) is 0 Å². The smallest absolute Gasteiger partial charge is 0.317 e. The standard InChI is InChI=1S/C12H23N3O/c1-4-12(2,3)14-11(16)15-6-9-8(5-13)10(9)7-15/h8-10H,4-7,13H2,1-3H3,(H,14,16). The number of urea groups is 1. The van der Waals surface area contributed by atoms with Crippen LogP contribution in [0.4, 0.5) is 4.79 Å². The van der Waals surface area contributed by atoms with E-state index < -0.39 is 0 Å². The summed E-state index contributed by atoms with van der Waals surface area (Å²) in [5, 5.41) is 3.08. The van der Waals surface area contributed by atoms with Gasteiger partial charge in [-0.2, -0.15) is 0 Å². The molecule has 4 nitrogen and oxygen atoms in total. The maximum atomic E-state index is 12.0. The molecule has 2 rings (SSSR count). The van der Waals surface area contributed by atoms with Crippen molar-refractivity contribution in [2.24, 2.45) is 23.5 Å². The minimum absolute atomic E-state index is 0.0924. The van der Waals surface area contributed by atoms with Crippen LogP contribution < -0.4 is 11.1 Å². The number of piperidine rings is 1. The van der Waals surface area contributed by atoms with E-state index in [4.69, 9.17) is 5.73 Å². The van der Waals surface area contributed by atoms with E-state index >= 15 is 0 Å². The van der Waals surface area contributed by atoms with Gasteiger partial charge < -0.3 is 16.0 Å². The van der Waals surface area contributed by atoms with Gasteiger partial charge in [0.1, 0.15) is 0 Å². The van der Waals surface area contributed by atoms with Crippen LogP contribution in [-0.2, 0) is 0 Å². The van der Waals surface area contributed by atoms with Gasteiger partial charge in [0.25, 0.3) is 0 Å². The fourth-order valence-electron chi connectivity index (χ4n) is 2.62. The fourth-order valence-corrected chi connectivity index (χ4v) is 2.62. The van der Waals surface area contributed by atoms with E-state index in [1.165, 1.54) is 0 Å². The lowest BCUT2D eigenvalue weighted by Gasteiger charge is -2.29. The van der Waals surface area contributed by atoms with Crippen molar-refractivity contribution in [3.8, 4) is 0 Å². The molecule has 2 amide bonds. The SMILES string of the molecule is CCC(C)(C)NC(=O)N1CC2C(CN)C2C1. The number of hydrogen-bond donors (Lipinski definition) is 2. The molecule has 92 valence electrons. The Morgan fingerprint density at radius 1 is 1.44 bits per heavy atom. The molecule has 3 N–H and O–H groups in total. The van der Waals surface area contributed by atoms with Crippen LogP contribution in [0.5, 0.6) is 0 Å². The summed E-state index contributed by atoms with van der Waals surface area (Å²) >= 11 is 0. The number of nitrogens with two attached hydrogens (primary N) is 1. The molecule has 0 radical (unpaired) electrons. The molecule has 1 saturated carbocycles. The number of fused-ring (bicyclic) bond motifs is 1. The van der Waals surface area contributed by atoms with E-state index in [0.29, 0.717) is 17.8 Å². The summed E-state index contributed by atoms with van der Waals surface area (Å²) in [6.07, 6.45) is 0.949. The fraction of sp³-hybridized carbons (Fsp3) is 0.917. The average Bonchev–Trinajstić information content (AvgIpc) is 2.69. The number of nitrogens with one attached hydrogen (secondary N) is 1. The third-order valence-corrected chi connectivity index (χ3v) is 4.26. The van der Waals surface area contributed by atoms with Crippen molar-refractivity contribution in [3.05, 3.63) is 0 Å². The van der Waals surface area contributed by atoms with Crippen LogP contribution in [0.3, 0.4) is 0 Å². The van der Waals surface area contributed by atoms with Gasteiger partial charge >= 0.3 is 6.03 Å². The number of hydrogen-bond acceptors (Lipinski definition) is 2. The quantitative estimate of drug-likeness (QED) is 0.753. The van der Waals surface area contributed by atoms with Gasteiger partial charge in [-0.1, -0.05) is 6.92 Å². The molecular weight excluding hydrogens is 202 g/mol. The lowest BCUT2D eigenvalue weighted by Crippen LogP contribution is -2.49. The first-order chi connectivity index (χ1) is 7.48. The summed E-state index contributed by atoms with van der Waals surface area (Å²) in [6, 6.07) is 0.0924. The molecule has 1 aliphatic heterocycles. The van der Waals surface area contributed by atoms with Crippen molar-refractivity contribution in [1.82, 2.24) is 10.2 Å². The van der Waals surface area contributed by atoms with Gasteiger partial charge in [0, 0.05) is 18.6 Å². The number of nitrogens with zero attached hydrogens (tertiary/aromatic N) is 1. The Hall–Kier alpha value is -0.770. The minimum Gasteiger partial charge on any atom is -0.333 e. The van der Waals surface area contributed by atoms with E-state index in [9.17, 15) is 4.79 Å². The van der Waals surface area contributed by atoms with E-state index in [1.54, 1.807) is 0 Å². The number of carbonyl (C=O) groups is 1.